The Labute approximate surface area is 232 Å². The number of halogens is 2. The number of aryl methyl sites for hydroxylation is 1. The average Bonchev–Trinajstić information content (AvgIpc) is 3.17. The third kappa shape index (κ3) is 3.55. The average molecular weight is 547 g/mol. The summed E-state index contributed by atoms with van der Waals surface area (Å²) >= 11 is 14.9. The molecule has 2 bridgehead atoms. The summed E-state index contributed by atoms with van der Waals surface area (Å²) in [6, 6.07) is 23.0. The van der Waals surface area contributed by atoms with Crippen LogP contribution in [0.25, 0.3) is 0 Å². The van der Waals surface area contributed by atoms with E-state index in [4.69, 9.17) is 23.2 Å². The first kappa shape index (κ1) is 25.1. The van der Waals surface area contributed by atoms with Gasteiger partial charge in [0.05, 0.1) is 11.8 Å². The topological polar surface area (TPSA) is 66.5 Å². The first-order chi connectivity index (χ1) is 18.3. The standard InChI is InChI=1S/C31H28Cl2N2O3/c1-19-10-9-11-20(18-19)34-25(36)16-3-2-8-17-35-28(37)26-27(29(35)38)31(33)22-13-5-4-12-21(22)30(26,32)23-14-6-7-15-24(23)31/h4-7,9-15,18,26-27H,2-3,8,16-17H2,1H3,(H,34,36)/t26-,27-,30?,31?/m0/s1. The van der Waals surface area contributed by atoms with Crippen molar-refractivity contribution in [3.05, 3.63) is 101 Å². The Balaban J connectivity index is 1.17. The van der Waals surface area contributed by atoms with Crippen molar-refractivity contribution in [1.82, 2.24) is 4.90 Å². The molecule has 2 atom stereocenters. The number of amides is 3. The van der Waals surface area contributed by atoms with Gasteiger partial charge in [0.2, 0.25) is 17.7 Å². The van der Waals surface area contributed by atoms with E-state index in [-0.39, 0.29) is 24.3 Å². The molecule has 3 amide bonds. The van der Waals surface area contributed by atoms with Crippen molar-refractivity contribution in [3.8, 4) is 0 Å². The van der Waals surface area contributed by atoms with Gasteiger partial charge in [-0.1, -0.05) is 67.1 Å². The first-order valence-corrected chi connectivity index (χ1v) is 13.8. The molecule has 0 spiro atoms. The van der Waals surface area contributed by atoms with Crippen LogP contribution >= 0.6 is 23.2 Å². The van der Waals surface area contributed by atoms with Crippen LogP contribution in [0.1, 0.15) is 53.5 Å². The molecule has 38 heavy (non-hydrogen) atoms. The summed E-state index contributed by atoms with van der Waals surface area (Å²) in [6.45, 7) is 2.27. The highest BCUT2D eigenvalue weighted by atomic mass is 35.5. The fourth-order valence-corrected chi connectivity index (χ4v) is 7.72. The lowest BCUT2D eigenvalue weighted by Gasteiger charge is -2.54. The maximum atomic E-state index is 13.8. The second-order valence-corrected chi connectivity index (χ2v) is 11.7. The Morgan fingerprint density at radius 1 is 0.789 bits per heavy atom. The van der Waals surface area contributed by atoms with Crippen LogP contribution in [0.15, 0.2) is 72.8 Å². The molecule has 7 heteroatoms. The number of hydrogen-bond acceptors (Lipinski definition) is 3. The predicted octanol–water partition coefficient (Wildman–Crippen LogP) is 6.09. The summed E-state index contributed by atoms with van der Waals surface area (Å²) in [6.07, 6.45) is 2.36. The minimum Gasteiger partial charge on any atom is -0.326 e. The molecule has 1 heterocycles. The van der Waals surface area contributed by atoms with E-state index in [9.17, 15) is 14.4 Å². The van der Waals surface area contributed by atoms with Crippen LogP contribution in [-0.2, 0) is 24.1 Å². The minimum atomic E-state index is -1.15. The number of rotatable bonds is 7. The van der Waals surface area contributed by atoms with E-state index in [1.54, 1.807) is 0 Å². The Bertz CT molecular complexity index is 1350. The zero-order valence-electron chi connectivity index (χ0n) is 21.0. The van der Waals surface area contributed by atoms with Crippen LogP contribution < -0.4 is 5.32 Å². The SMILES string of the molecule is Cc1cccc(NC(=O)CCCCCN2C(=O)[C@@H]3[C@@H](C2=O)C2(Cl)c4ccccc4C3(Cl)c3ccccc32)c1. The molecule has 0 aromatic heterocycles. The van der Waals surface area contributed by atoms with E-state index in [2.05, 4.69) is 5.32 Å². The van der Waals surface area contributed by atoms with Crippen molar-refractivity contribution in [3.63, 3.8) is 0 Å². The predicted molar refractivity (Wildman–Crippen MR) is 148 cm³/mol. The Hall–Kier alpha value is -3.15. The number of likely N-dealkylation sites (tertiary alicyclic amines) is 1. The number of alkyl halides is 2. The monoisotopic (exact) mass is 546 g/mol. The lowest BCUT2D eigenvalue weighted by molar-refractivity contribution is -0.140. The van der Waals surface area contributed by atoms with Gasteiger partial charge < -0.3 is 5.32 Å². The Morgan fingerprint density at radius 3 is 1.82 bits per heavy atom. The van der Waals surface area contributed by atoms with E-state index in [0.29, 0.717) is 25.7 Å². The van der Waals surface area contributed by atoms with E-state index in [1.807, 2.05) is 79.7 Å². The number of unbranched alkanes of at least 4 members (excludes halogenated alkanes) is 2. The summed E-state index contributed by atoms with van der Waals surface area (Å²) in [4.78, 5) is 39.0. The van der Waals surface area contributed by atoms with Crippen LogP contribution in [0.5, 0.6) is 0 Å². The second-order valence-electron chi connectivity index (χ2n) is 10.5. The largest absolute Gasteiger partial charge is 0.326 e. The van der Waals surface area contributed by atoms with Crippen molar-refractivity contribution in [1.29, 1.82) is 0 Å². The molecule has 7 rings (SSSR count). The molecule has 3 aliphatic carbocycles. The number of hydrogen-bond donors (Lipinski definition) is 1. The molecule has 5 nitrogen and oxygen atoms in total. The lowest BCUT2D eigenvalue weighted by atomic mass is 9.54. The quantitative estimate of drug-likeness (QED) is 0.221. The van der Waals surface area contributed by atoms with Gasteiger partial charge in [-0.15, -0.1) is 23.2 Å². The van der Waals surface area contributed by atoms with Gasteiger partial charge in [-0.3, -0.25) is 19.3 Å². The van der Waals surface area contributed by atoms with E-state index in [0.717, 1.165) is 33.5 Å². The van der Waals surface area contributed by atoms with E-state index in [1.165, 1.54) is 4.90 Å². The highest BCUT2D eigenvalue weighted by molar-refractivity contribution is 6.36. The van der Waals surface area contributed by atoms with E-state index < -0.39 is 21.6 Å². The van der Waals surface area contributed by atoms with Crippen molar-refractivity contribution in [2.75, 3.05) is 11.9 Å². The number of nitrogens with zero attached hydrogens (tertiary/aromatic N) is 1. The number of carbonyl (C=O) groups is 3. The van der Waals surface area contributed by atoms with Gasteiger partial charge >= 0.3 is 0 Å². The molecule has 194 valence electrons. The van der Waals surface area contributed by atoms with Gasteiger partial charge in [0.15, 0.2) is 0 Å². The normalized spacial score (nSPS) is 26.7. The summed E-state index contributed by atoms with van der Waals surface area (Å²) in [5.41, 5.74) is 5.09. The summed E-state index contributed by atoms with van der Waals surface area (Å²) in [5, 5.41) is 2.92. The number of anilines is 1. The fraction of sp³-hybridized carbons (Fsp3) is 0.323. The molecule has 0 saturated carbocycles. The maximum Gasteiger partial charge on any atom is 0.235 e. The summed E-state index contributed by atoms with van der Waals surface area (Å²) in [7, 11) is 0. The number of nitrogens with one attached hydrogen (secondary N) is 1. The molecule has 1 fully saturated rings. The van der Waals surface area contributed by atoms with Gasteiger partial charge in [-0.2, -0.15) is 0 Å². The highest BCUT2D eigenvalue weighted by Gasteiger charge is 2.72. The fourth-order valence-electron chi connectivity index (χ4n) is 6.62. The van der Waals surface area contributed by atoms with Crippen molar-refractivity contribution in [2.24, 2.45) is 11.8 Å². The molecule has 0 radical (unpaired) electrons. The van der Waals surface area contributed by atoms with Crippen LogP contribution in [0.3, 0.4) is 0 Å². The molecule has 0 unspecified atom stereocenters. The molecule has 1 saturated heterocycles. The smallest absolute Gasteiger partial charge is 0.235 e. The third-order valence-electron chi connectivity index (χ3n) is 8.26. The minimum absolute atomic E-state index is 0.0461. The van der Waals surface area contributed by atoms with Crippen LogP contribution in [0.4, 0.5) is 5.69 Å². The third-order valence-corrected chi connectivity index (χ3v) is 9.55. The highest BCUT2D eigenvalue weighted by Crippen LogP contribution is 2.69. The lowest BCUT2D eigenvalue weighted by Crippen LogP contribution is -2.57. The van der Waals surface area contributed by atoms with Crippen molar-refractivity contribution < 1.29 is 14.4 Å². The number of carbonyl (C=O) groups excluding carboxylic acids is 3. The van der Waals surface area contributed by atoms with Crippen LogP contribution in [-0.4, -0.2) is 29.2 Å². The van der Waals surface area contributed by atoms with Crippen LogP contribution in [0.2, 0.25) is 0 Å². The maximum absolute atomic E-state index is 13.8. The zero-order chi connectivity index (χ0) is 26.7. The second kappa shape index (κ2) is 9.25. The molecular formula is C31H28Cl2N2O3. The van der Waals surface area contributed by atoms with Gasteiger partial charge in [-0.05, 0) is 59.7 Å². The molecule has 1 N–H and O–H groups in total. The Kier molecular flexibility index (Phi) is 6.12. The van der Waals surface area contributed by atoms with Gasteiger partial charge in [0, 0.05) is 18.7 Å². The van der Waals surface area contributed by atoms with Crippen molar-refractivity contribution >= 4 is 46.6 Å². The number of imide groups is 1. The van der Waals surface area contributed by atoms with Gasteiger partial charge in [0.1, 0.15) is 9.75 Å². The van der Waals surface area contributed by atoms with Gasteiger partial charge in [0.25, 0.3) is 0 Å². The summed E-state index contributed by atoms with van der Waals surface area (Å²) in [5.74, 6) is -2.10. The van der Waals surface area contributed by atoms with Crippen LogP contribution in [0, 0.1) is 18.8 Å². The zero-order valence-corrected chi connectivity index (χ0v) is 22.6. The Morgan fingerprint density at radius 2 is 1.32 bits per heavy atom. The van der Waals surface area contributed by atoms with Gasteiger partial charge in [-0.25, -0.2) is 0 Å². The molecule has 3 aromatic carbocycles. The molecule has 1 aliphatic heterocycles. The summed E-state index contributed by atoms with van der Waals surface area (Å²) < 4.78 is 0. The van der Waals surface area contributed by atoms with E-state index >= 15 is 0 Å². The molecule has 3 aromatic rings. The molecule has 4 aliphatic rings. The van der Waals surface area contributed by atoms with Crippen molar-refractivity contribution in [2.45, 2.75) is 42.4 Å². The first-order valence-electron chi connectivity index (χ1n) is 13.1. The number of benzene rings is 3. The molecular weight excluding hydrogens is 519 g/mol.